The van der Waals surface area contributed by atoms with Crippen LogP contribution in [-0.2, 0) is 16.0 Å². The van der Waals surface area contributed by atoms with Gasteiger partial charge in [0, 0.05) is 26.3 Å². The fourth-order valence-electron chi connectivity index (χ4n) is 3.46. The molecule has 3 rings (SSSR count). The van der Waals surface area contributed by atoms with Crippen LogP contribution in [-0.4, -0.2) is 36.2 Å². The Kier molecular flexibility index (Phi) is 5.30. The Morgan fingerprint density at radius 1 is 1.33 bits per heavy atom. The first-order valence-corrected chi connectivity index (χ1v) is 8.45. The fourth-order valence-corrected chi connectivity index (χ4v) is 3.46. The molecule has 1 fully saturated rings. The van der Waals surface area contributed by atoms with Gasteiger partial charge in [-0.15, -0.1) is 0 Å². The van der Waals surface area contributed by atoms with Crippen molar-refractivity contribution in [2.45, 2.75) is 32.3 Å². The number of ether oxygens (including phenoxy) is 1. The number of amides is 1. The van der Waals surface area contributed by atoms with E-state index in [4.69, 9.17) is 9.26 Å². The molecule has 2 heterocycles. The van der Waals surface area contributed by atoms with Gasteiger partial charge < -0.3 is 14.2 Å². The van der Waals surface area contributed by atoms with Crippen LogP contribution in [0.4, 0.5) is 0 Å². The van der Waals surface area contributed by atoms with Crippen molar-refractivity contribution < 1.29 is 14.1 Å². The maximum Gasteiger partial charge on any atom is 0.228 e. The highest BCUT2D eigenvalue weighted by Crippen LogP contribution is 2.33. The molecule has 1 amide bonds. The summed E-state index contributed by atoms with van der Waals surface area (Å²) in [6.07, 6.45) is 2.32. The molecule has 1 saturated heterocycles. The number of hydrogen-bond acceptors (Lipinski definition) is 4. The first kappa shape index (κ1) is 16.7. The molecule has 0 N–H and O–H groups in total. The van der Waals surface area contributed by atoms with Crippen molar-refractivity contribution in [2.75, 3.05) is 20.2 Å². The lowest BCUT2D eigenvalue weighted by Crippen LogP contribution is -2.40. The van der Waals surface area contributed by atoms with Crippen molar-refractivity contribution in [1.82, 2.24) is 10.1 Å². The second-order valence-corrected chi connectivity index (χ2v) is 6.39. The van der Waals surface area contributed by atoms with Crippen molar-refractivity contribution in [1.29, 1.82) is 0 Å². The van der Waals surface area contributed by atoms with Crippen LogP contribution in [0.2, 0.25) is 0 Å². The van der Waals surface area contributed by atoms with Crippen molar-refractivity contribution in [2.24, 2.45) is 5.92 Å². The quantitative estimate of drug-likeness (QED) is 0.846. The molecule has 24 heavy (non-hydrogen) atoms. The summed E-state index contributed by atoms with van der Waals surface area (Å²) >= 11 is 0. The number of rotatable bonds is 5. The number of aromatic nitrogens is 1. The van der Waals surface area contributed by atoms with E-state index in [1.54, 1.807) is 7.11 Å². The molecule has 1 aromatic carbocycles. The number of nitrogens with zero attached hydrogens (tertiary/aromatic N) is 2. The standard InChI is InChI=1S/C19H24N2O3/c1-14-12-17(20-24-14)13-18(22)21-10-8-16(9-11-21)19(23-2)15-6-4-3-5-7-15/h3-7,12,16,19H,8-11,13H2,1-2H3. The lowest BCUT2D eigenvalue weighted by atomic mass is 9.87. The molecule has 5 heteroatoms. The van der Waals surface area contributed by atoms with Gasteiger partial charge in [0.05, 0.1) is 18.2 Å². The Bertz CT molecular complexity index is 660. The summed E-state index contributed by atoms with van der Waals surface area (Å²) in [6.45, 7) is 3.38. The van der Waals surface area contributed by atoms with Gasteiger partial charge >= 0.3 is 0 Å². The van der Waals surface area contributed by atoms with Crippen molar-refractivity contribution in [3.8, 4) is 0 Å². The smallest absolute Gasteiger partial charge is 0.228 e. The second kappa shape index (κ2) is 7.62. The van der Waals surface area contributed by atoms with E-state index in [0.29, 0.717) is 18.0 Å². The van der Waals surface area contributed by atoms with Crippen LogP contribution in [0.5, 0.6) is 0 Å². The van der Waals surface area contributed by atoms with Gasteiger partial charge in [0.1, 0.15) is 5.76 Å². The maximum absolute atomic E-state index is 12.4. The minimum Gasteiger partial charge on any atom is -0.376 e. The van der Waals surface area contributed by atoms with Gasteiger partial charge in [0.2, 0.25) is 5.91 Å². The molecule has 2 aromatic rings. The van der Waals surface area contributed by atoms with Gasteiger partial charge in [-0.1, -0.05) is 35.5 Å². The average Bonchev–Trinajstić information content (AvgIpc) is 3.02. The Morgan fingerprint density at radius 2 is 2.04 bits per heavy atom. The largest absolute Gasteiger partial charge is 0.376 e. The second-order valence-electron chi connectivity index (χ2n) is 6.39. The lowest BCUT2D eigenvalue weighted by Gasteiger charge is -2.35. The van der Waals surface area contributed by atoms with E-state index >= 15 is 0 Å². The number of benzene rings is 1. The summed E-state index contributed by atoms with van der Waals surface area (Å²) in [4.78, 5) is 14.3. The summed E-state index contributed by atoms with van der Waals surface area (Å²) in [5.74, 6) is 1.30. The monoisotopic (exact) mass is 328 g/mol. The number of methoxy groups -OCH3 is 1. The number of carbonyl (C=O) groups excluding carboxylic acids is 1. The van der Waals surface area contributed by atoms with Crippen molar-refractivity contribution in [3.05, 3.63) is 53.4 Å². The van der Waals surface area contributed by atoms with Crippen molar-refractivity contribution in [3.63, 3.8) is 0 Å². The number of carbonyl (C=O) groups is 1. The zero-order valence-electron chi connectivity index (χ0n) is 14.3. The molecule has 0 spiro atoms. The van der Waals surface area contributed by atoms with E-state index < -0.39 is 0 Å². The summed E-state index contributed by atoms with van der Waals surface area (Å²) in [5, 5.41) is 3.90. The van der Waals surface area contributed by atoms with Crippen molar-refractivity contribution >= 4 is 5.91 Å². The van der Waals surface area contributed by atoms with Crippen LogP contribution < -0.4 is 0 Å². The predicted octanol–water partition coefficient (Wildman–Crippen LogP) is 3.15. The molecule has 0 saturated carbocycles. The predicted molar refractivity (Wildman–Crippen MR) is 90.4 cm³/mol. The van der Waals surface area contributed by atoms with E-state index in [1.807, 2.05) is 36.1 Å². The van der Waals surface area contributed by atoms with Crippen LogP contribution in [0.15, 0.2) is 40.9 Å². The van der Waals surface area contributed by atoms with E-state index in [1.165, 1.54) is 5.56 Å². The van der Waals surface area contributed by atoms with E-state index in [9.17, 15) is 4.79 Å². The maximum atomic E-state index is 12.4. The summed E-state index contributed by atoms with van der Waals surface area (Å²) in [5.41, 5.74) is 1.92. The molecular formula is C19H24N2O3. The molecule has 1 atom stereocenters. The highest BCUT2D eigenvalue weighted by molar-refractivity contribution is 5.78. The molecule has 0 bridgehead atoms. The summed E-state index contributed by atoms with van der Waals surface area (Å²) in [6, 6.07) is 12.1. The van der Waals surface area contributed by atoms with E-state index in [-0.39, 0.29) is 12.0 Å². The van der Waals surface area contributed by atoms with Crippen LogP contribution in [0, 0.1) is 12.8 Å². The molecular weight excluding hydrogens is 304 g/mol. The Morgan fingerprint density at radius 3 is 2.62 bits per heavy atom. The van der Waals surface area contributed by atoms with Gasteiger partial charge in [0.15, 0.2) is 0 Å². The molecule has 1 unspecified atom stereocenters. The number of piperidine rings is 1. The molecule has 1 aromatic heterocycles. The lowest BCUT2D eigenvalue weighted by molar-refractivity contribution is -0.132. The number of likely N-dealkylation sites (tertiary alicyclic amines) is 1. The van der Waals surface area contributed by atoms with Gasteiger partial charge in [-0.2, -0.15) is 0 Å². The topological polar surface area (TPSA) is 55.6 Å². The Labute approximate surface area is 142 Å². The van der Waals surface area contributed by atoms with E-state index in [2.05, 4.69) is 17.3 Å². The van der Waals surface area contributed by atoms with Gasteiger partial charge in [-0.25, -0.2) is 0 Å². The molecule has 128 valence electrons. The zero-order valence-corrected chi connectivity index (χ0v) is 14.3. The first-order chi connectivity index (χ1) is 11.7. The molecule has 1 aliphatic heterocycles. The Balaban J connectivity index is 1.56. The highest BCUT2D eigenvalue weighted by atomic mass is 16.5. The number of aryl methyl sites for hydroxylation is 1. The van der Waals surface area contributed by atoms with Gasteiger partial charge in [-0.3, -0.25) is 4.79 Å². The minimum atomic E-state index is 0.0987. The first-order valence-electron chi connectivity index (χ1n) is 8.45. The normalized spacial score (nSPS) is 17.0. The van der Waals surface area contributed by atoms with Crippen LogP contribution in [0.25, 0.3) is 0 Å². The zero-order chi connectivity index (χ0) is 16.9. The molecule has 5 nitrogen and oxygen atoms in total. The third-order valence-corrected chi connectivity index (χ3v) is 4.71. The number of hydrogen-bond donors (Lipinski definition) is 0. The summed E-state index contributed by atoms with van der Waals surface area (Å²) in [7, 11) is 1.77. The van der Waals surface area contributed by atoms with Crippen LogP contribution >= 0.6 is 0 Å². The third-order valence-electron chi connectivity index (χ3n) is 4.71. The SMILES string of the molecule is COC(c1ccccc1)C1CCN(C(=O)Cc2cc(C)on2)CC1. The molecule has 1 aliphatic rings. The average molecular weight is 328 g/mol. The van der Waals surface area contributed by atoms with E-state index in [0.717, 1.165) is 31.7 Å². The van der Waals surface area contributed by atoms with Crippen LogP contribution in [0.1, 0.15) is 36.0 Å². The summed E-state index contributed by atoms with van der Waals surface area (Å²) < 4.78 is 10.8. The third kappa shape index (κ3) is 3.85. The minimum absolute atomic E-state index is 0.0987. The van der Waals surface area contributed by atoms with Gasteiger partial charge in [-0.05, 0) is 31.2 Å². The van der Waals surface area contributed by atoms with Crippen LogP contribution in [0.3, 0.4) is 0 Å². The fraction of sp³-hybridized carbons (Fsp3) is 0.474. The molecule has 0 aliphatic carbocycles. The molecule has 0 radical (unpaired) electrons. The van der Waals surface area contributed by atoms with Gasteiger partial charge in [0.25, 0.3) is 0 Å². The Hall–Kier alpha value is -2.14. The highest BCUT2D eigenvalue weighted by Gasteiger charge is 2.29.